The Kier molecular flexibility index (Phi) is 7.02. The van der Waals surface area contributed by atoms with Crippen LogP contribution in [0.1, 0.15) is 38.8 Å². The minimum atomic E-state index is -4.42. The Morgan fingerprint density at radius 2 is 1.86 bits per heavy atom. The Labute approximate surface area is 207 Å². The number of amides is 1. The van der Waals surface area contributed by atoms with Crippen molar-refractivity contribution in [3.05, 3.63) is 99.2 Å². The predicted molar refractivity (Wildman–Crippen MR) is 127 cm³/mol. The number of ether oxygens (including phenoxy) is 1. The van der Waals surface area contributed by atoms with Crippen molar-refractivity contribution in [2.75, 3.05) is 5.32 Å². The number of anilines is 1. The molecule has 1 N–H and O–H groups in total. The van der Waals surface area contributed by atoms with Gasteiger partial charge in [-0.2, -0.15) is 18.3 Å². The van der Waals surface area contributed by atoms with E-state index in [2.05, 4.69) is 26.3 Å². The van der Waals surface area contributed by atoms with Gasteiger partial charge in [0.15, 0.2) is 5.76 Å². The summed E-state index contributed by atoms with van der Waals surface area (Å²) in [6, 6.07) is 15.6. The van der Waals surface area contributed by atoms with Gasteiger partial charge in [0, 0.05) is 4.47 Å². The molecular weight excluding hydrogens is 527 g/mol. The van der Waals surface area contributed by atoms with Gasteiger partial charge in [-0.3, -0.25) is 9.48 Å². The molecule has 2 aromatic carbocycles. The fraction of sp³-hybridized carbons (Fsp3) is 0.200. The van der Waals surface area contributed by atoms with Crippen LogP contribution in [-0.4, -0.2) is 15.7 Å². The Hall–Kier alpha value is -3.53. The molecule has 35 heavy (non-hydrogen) atoms. The van der Waals surface area contributed by atoms with Crippen molar-refractivity contribution in [2.24, 2.45) is 0 Å². The van der Waals surface area contributed by atoms with Gasteiger partial charge in [-0.15, -0.1) is 0 Å². The maximum absolute atomic E-state index is 13.0. The zero-order chi connectivity index (χ0) is 25.2. The van der Waals surface area contributed by atoms with Crippen LogP contribution in [0.3, 0.4) is 0 Å². The van der Waals surface area contributed by atoms with Crippen LogP contribution in [0.4, 0.5) is 18.9 Å². The van der Waals surface area contributed by atoms with Gasteiger partial charge in [-0.25, -0.2) is 0 Å². The van der Waals surface area contributed by atoms with Crippen LogP contribution in [0.5, 0.6) is 5.75 Å². The summed E-state index contributed by atoms with van der Waals surface area (Å²) in [5.74, 6) is 0.773. The SMILES string of the molecule is Cc1nn(Cc2cccc(C(F)(F)F)c2)c(C)c1NC(=O)c1ccc(COc2ccc(Br)cc2)o1. The zero-order valence-corrected chi connectivity index (χ0v) is 20.4. The minimum absolute atomic E-state index is 0.101. The molecule has 2 heterocycles. The Morgan fingerprint density at radius 1 is 1.11 bits per heavy atom. The van der Waals surface area contributed by atoms with E-state index in [0.717, 1.165) is 16.6 Å². The normalized spacial score (nSPS) is 11.5. The van der Waals surface area contributed by atoms with E-state index < -0.39 is 17.6 Å². The van der Waals surface area contributed by atoms with Crippen molar-refractivity contribution in [1.29, 1.82) is 0 Å². The number of nitrogens with one attached hydrogen (secondary N) is 1. The molecule has 2 aromatic heterocycles. The molecule has 1 amide bonds. The lowest BCUT2D eigenvalue weighted by molar-refractivity contribution is -0.137. The molecule has 4 aromatic rings. The summed E-state index contributed by atoms with van der Waals surface area (Å²) in [5.41, 5.74) is 1.35. The van der Waals surface area contributed by atoms with Gasteiger partial charge in [0.05, 0.1) is 29.2 Å². The van der Waals surface area contributed by atoms with E-state index in [-0.39, 0.29) is 18.9 Å². The molecule has 182 valence electrons. The summed E-state index contributed by atoms with van der Waals surface area (Å²) >= 11 is 3.36. The van der Waals surface area contributed by atoms with Gasteiger partial charge in [-0.1, -0.05) is 28.1 Å². The van der Waals surface area contributed by atoms with Crippen molar-refractivity contribution in [3.63, 3.8) is 0 Å². The monoisotopic (exact) mass is 547 g/mol. The van der Waals surface area contributed by atoms with E-state index in [1.54, 1.807) is 36.7 Å². The van der Waals surface area contributed by atoms with E-state index in [4.69, 9.17) is 9.15 Å². The predicted octanol–water partition coefficient (Wildman–Crippen LogP) is 6.75. The number of furan rings is 1. The van der Waals surface area contributed by atoms with E-state index in [1.807, 2.05) is 24.3 Å². The standard InChI is InChI=1S/C25H21BrF3N3O3/c1-15-23(16(2)32(31-15)13-17-4-3-5-18(12-17)25(27,28)29)30-24(33)22-11-10-21(35-22)14-34-20-8-6-19(26)7-9-20/h3-12H,13-14H2,1-2H3,(H,30,33). The minimum Gasteiger partial charge on any atom is -0.486 e. The van der Waals surface area contributed by atoms with Gasteiger partial charge < -0.3 is 14.5 Å². The van der Waals surface area contributed by atoms with E-state index in [1.165, 1.54) is 6.07 Å². The summed E-state index contributed by atoms with van der Waals surface area (Å²) in [5, 5.41) is 7.17. The number of nitrogens with zero attached hydrogens (tertiary/aromatic N) is 2. The molecule has 0 atom stereocenters. The highest BCUT2D eigenvalue weighted by Gasteiger charge is 2.30. The first-order chi connectivity index (χ1) is 16.6. The molecular formula is C25H21BrF3N3O3. The van der Waals surface area contributed by atoms with Gasteiger partial charge in [0.2, 0.25) is 0 Å². The third kappa shape index (κ3) is 5.94. The summed E-state index contributed by atoms with van der Waals surface area (Å²) in [6.07, 6.45) is -4.42. The van der Waals surface area contributed by atoms with Gasteiger partial charge in [-0.05, 0) is 67.9 Å². The number of hydrogen-bond donors (Lipinski definition) is 1. The first-order valence-corrected chi connectivity index (χ1v) is 11.4. The Bertz CT molecular complexity index is 1340. The first-order valence-electron chi connectivity index (χ1n) is 10.6. The number of rotatable bonds is 7. The lowest BCUT2D eigenvalue weighted by Gasteiger charge is -2.10. The largest absolute Gasteiger partial charge is 0.486 e. The molecule has 0 aliphatic heterocycles. The lowest BCUT2D eigenvalue weighted by atomic mass is 10.1. The molecule has 0 unspecified atom stereocenters. The summed E-state index contributed by atoms with van der Waals surface area (Å²) < 4.78 is 52.8. The topological polar surface area (TPSA) is 69.3 Å². The summed E-state index contributed by atoms with van der Waals surface area (Å²) in [6.45, 7) is 3.74. The highest BCUT2D eigenvalue weighted by Crippen LogP contribution is 2.30. The van der Waals surface area contributed by atoms with E-state index in [0.29, 0.717) is 34.1 Å². The number of alkyl halides is 3. The molecule has 4 rings (SSSR count). The molecule has 6 nitrogen and oxygen atoms in total. The number of aromatic nitrogens is 2. The lowest BCUT2D eigenvalue weighted by Crippen LogP contribution is -2.13. The van der Waals surface area contributed by atoms with Crippen molar-refractivity contribution in [2.45, 2.75) is 33.2 Å². The molecule has 0 bridgehead atoms. The van der Waals surface area contributed by atoms with Crippen LogP contribution >= 0.6 is 15.9 Å². The zero-order valence-electron chi connectivity index (χ0n) is 18.8. The Morgan fingerprint density at radius 3 is 2.57 bits per heavy atom. The van der Waals surface area contributed by atoms with E-state index in [9.17, 15) is 18.0 Å². The summed E-state index contributed by atoms with van der Waals surface area (Å²) in [4.78, 5) is 12.8. The van der Waals surface area contributed by atoms with Crippen molar-refractivity contribution >= 4 is 27.5 Å². The molecule has 0 radical (unpaired) electrons. The van der Waals surface area contributed by atoms with Crippen molar-refractivity contribution in [3.8, 4) is 5.75 Å². The molecule has 0 spiro atoms. The van der Waals surface area contributed by atoms with Crippen LogP contribution < -0.4 is 10.1 Å². The average molecular weight is 548 g/mol. The van der Waals surface area contributed by atoms with Gasteiger partial charge >= 0.3 is 6.18 Å². The Balaban J connectivity index is 1.43. The average Bonchev–Trinajstić information content (AvgIpc) is 3.39. The second kappa shape index (κ2) is 9.99. The molecule has 0 aliphatic rings. The van der Waals surface area contributed by atoms with Crippen LogP contribution in [0.25, 0.3) is 0 Å². The second-order valence-corrected chi connectivity index (χ2v) is 8.78. The summed E-state index contributed by atoms with van der Waals surface area (Å²) in [7, 11) is 0. The smallest absolute Gasteiger partial charge is 0.416 e. The number of benzene rings is 2. The van der Waals surface area contributed by atoms with E-state index >= 15 is 0 Å². The highest BCUT2D eigenvalue weighted by molar-refractivity contribution is 9.10. The molecule has 10 heteroatoms. The molecule has 0 saturated heterocycles. The third-order valence-electron chi connectivity index (χ3n) is 5.29. The second-order valence-electron chi connectivity index (χ2n) is 7.86. The van der Waals surface area contributed by atoms with Crippen LogP contribution in [-0.2, 0) is 19.3 Å². The van der Waals surface area contributed by atoms with Gasteiger partial charge in [0.25, 0.3) is 5.91 Å². The van der Waals surface area contributed by atoms with Crippen LogP contribution in [0, 0.1) is 13.8 Å². The van der Waals surface area contributed by atoms with Crippen LogP contribution in [0.15, 0.2) is 69.6 Å². The fourth-order valence-electron chi connectivity index (χ4n) is 3.49. The number of carbonyl (C=O) groups excluding carboxylic acids is 1. The van der Waals surface area contributed by atoms with Crippen molar-refractivity contribution in [1.82, 2.24) is 9.78 Å². The molecule has 0 saturated carbocycles. The first kappa shape index (κ1) is 24.6. The third-order valence-corrected chi connectivity index (χ3v) is 5.82. The maximum atomic E-state index is 13.0. The fourth-order valence-corrected chi connectivity index (χ4v) is 3.75. The number of halogens is 4. The molecule has 0 fully saturated rings. The molecule has 0 aliphatic carbocycles. The number of hydrogen-bond acceptors (Lipinski definition) is 4. The van der Waals surface area contributed by atoms with Crippen molar-refractivity contribution < 1.29 is 27.1 Å². The highest BCUT2D eigenvalue weighted by atomic mass is 79.9. The number of aryl methyl sites for hydroxylation is 1. The maximum Gasteiger partial charge on any atom is 0.416 e. The van der Waals surface area contributed by atoms with Crippen LogP contribution in [0.2, 0.25) is 0 Å². The number of carbonyl (C=O) groups is 1. The van der Waals surface area contributed by atoms with Gasteiger partial charge in [0.1, 0.15) is 18.1 Å². The quantitative estimate of drug-likeness (QED) is 0.277.